The molecule has 0 radical (unpaired) electrons. The number of rotatable bonds is 6. The number of ether oxygens (including phenoxy) is 1. The lowest BCUT2D eigenvalue weighted by Gasteiger charge is -2.12. The van der Waals surface area contributed by atoms with E-state index in [-0.39, 0.29) is 23.9 Å². The van der Waals surface area contributed by atoms with Crippen molar-refractivity contribution < 1.29 is 19.2 Å². The highest BCUT2D eigenvalue weighted by Gasteiger charge is 2.32. The van der Waals surface area contributed by atoms with Gasteiger partial charge in [0.25, 0.3) is 11.6 Å². The Morgan fingerprint density at radius 1 is 1.21 bits per heavy atom. The number of nitrogens with one attached hydrogen (secondary N) is 1. The molecule has 3 amide bonds. The topological polar surface area (TPSA) is 102 Å². The average Bonchev–Trinajstić information content (AvgIpc) is 2.93. The molecule has 1 aliphatic rings. The lowest BCUT2D eigenvalue weighted by Crippen LogP contribution is -2.30. The molecule has 2 aromatic rings. The number of amides is 3. The van der Waals surface area contributed by atoms with Crippen LogP contribution in [0, 0.1) is 10.1 Å². The van der Waals surface area contributed by atoms with Gasteiger partial charge in [0, 0.05) is 18.7 Å². The average molecular weight is 525 g/mol. The molecule has 1 aliphatic heterocycles. The van der Waals surface area contributed by atoms with Crippen molar-refractivity contribution in [2.24, 2.45) is 0 Å². The first-order valence-corrected chi connectivity index (χ1v) is 10.1. The fourth-order valence-corrected chi connectivity index (χ4v) is 4.19. The lowest BCUT2D eigenvalue weighted by molar-refractivity contribution is -0.384. The second-order valence-electron chi connectivity index (χ2n) is 6.07. The molecular formula is C19H15Br2N3O5. The first-order valence-electron chi connectivity index (χ1n) is 8.50. The Morgan fingerprint density at radius 2 is 1.90 bits per heavy atom. The molecule has 1 saturated heterocycles. The molecule has 0 aromatic heterocycles. The number of hydrogen-bond donors (Lipinski definition) is 1. The molecule has 0 unspecified atom stereocenters. The van der Waals surface area contributed by atoms with Gasteiger partial charge >= 0.3 is 6.03 Å². The van der Waals surface area contributed by atoms with E-state index in [1.165, 1.54) is 12.1 Å². The van der Waals surface area contributed by atoms with E-state index >= 15 is 0 Å². The van der Waals surface area contributed by atoms with Crippen molar-refractivity contribution in [2.45, 2.75) is 13.5 Å². The number of nitro benzene ring substituents is 1. The minimum atomic E-state index is -0.458. The quantitative estimate of drug-likeness (QED) is 0.257. The van der Waals surface area contributed by atoms with E-state index in [1.807, 2.05) is 0 Å². The SMILES string of the molecule is CCN1C(=O)N/C(=C/c2cc(Br)c(OCc3cccc([N+](=O)[O-])c3)c(Br)c2)C1=O. The van der Waals surface area contributed by atoms with E-state index in [4.69, 9.17) is 4.74 Å². The number of urea groups is 1. The first kappa shape index (κ1) is 21.0. The van der Waals surface area contributed by atoms with Crippen LogP contribution in [0.25, 0.3) is 6.08 Å². The molecule has 29 heavy (non-hydrogen) atoms. The highest BCUT2D eigenvalue weighted by atomic mass is 79.9. The van der Waals surface area contributed by atoms with Gasteiger partial charge in [0.2, 0.25) is 0 Å². The number of carbonyl (C=O) groups excluding carboxylic acids is 2. The van der Waals surface area contributed by atoms with Gasteiger partial charge in [-0.15, -0.1) is 0 Å². The highest BCUT2D eigenvalue weighted by molar-refractivity contribution is 9.11. The number of nitro groups is 1. The van der Waals surface area contributed by atoms with Crippen LogP contribution in [0.2, 0.25) is 0 Å². The van der Waals surface area contributed by atoms with Crippen molar-refractivity contribution >= 4 is 55.6 Å². The molecule has 0 bridgehead atoms. The Kier molecular flexibility index (Phi) is 6.33. The van der Waals surface area contributed by atoms with Crippen LogP contribution in [-0.2, 0) is 11.4 Å². The van der Waals surface area contributed by atoms with E-state index in [0.29, 0.717) is 32.4 Å². The monoisotopic (exact) mass is 523 g/mol. The van der Waals surface area contributed by atoms with Crippen LogP contribution in [0.15, 0.2) is 51.0 Å². The van der Waals surface area contributed by atoms with Crippen molar-refractivity contribution in [1.29, 1.82) is 0 Å². The van der Waals surface area contributed by atoms with Gasteiger partial charge in [-0.05, 0) is 68.1 Å². The minimum absolute atomic E-state index is 0.00407. The number of likely N-dealkylation sites (N-methyl/N-ethyl adjacent to an activating group) is 1. The highest BCUT2D eigenvalue weighted by Crippen LogP contribution is 2.36. The molecule has 2 aromatic carbocycles. The van der Waals surface area contributed by atoms with Crippen molar-refractivity contribution in [3.05, 3.63) is 72.3 Å². The zero-order valence-electron chi connectivity index (χ0n) is 15.1. The number of carbonyl (C=O) groups is 2. The molecule has 1 N–H and O–H groups in total. The van der Waals surface area contributed by atoms with Crippen molar-refractivity contribution in [3.63, 3.8) is 0 Å². The van der Waals surface area contributed by atoms with Crippen LogP contribution in [0.3, 0.4) is 0 Å². The zero-order valence-corrected chi connectivity index (χ0v) is 18.3. The molecule has 0 spiro atoms. The van der Waals surface area contributed by atoms with Crippen molar-refractivity contribution in [3.8, 4) is 5.75 Å². The summed E-state index contributed by atoms with van der Waals surface area (Å²) in [6, 6.07) is 9.25. The normalized spacial score (nSPS) is 15.0. The zero-order chi connectivity index (χ0) is 21.1. The number of imide groups is 1. The summed E-state index contributed by atoms with van der Waals surface area (Å²) in [5, 5.41) is 13.4. The number of hydrogen-bond acceptors (Lipinski definition) is 5. The van der Waals surface area contributed by atoms with Gasteiger partial charge in [-0.1, -0.05) is 12.1 Å². The summed E-state index contributed by atoms with van der Waals surface area (Å²) in [5.41, 5.74) is 1.52. The van der Waals surface area contributed by atoms with Crippen LogP contribution in [-0.4, -0.2) is 28.3 Å². The number of benzene rings is 2. The number of halogens is 2. The third kappa shape index (κ3) is 4.65. The Labute approximate surface area is 182 Å². The summed E-state index contributed by atoms with van der Waals surface area (Å²) >= 11 is 6.87. The predicted octanol–water partition coefficient (Wildman–Crippen LogP) is 4.61. The van der Waals surface area contributed by atoms with Crippen molar-refractivity contribution in [2.75, 3.05) is 6.54 Å². The van der Waals surface area contributed by atoms with Crippen LogP contribution in [0.4, 0.5) is 10.5 Å². The summed E-state index contributed by atoms with van der Waals surface area (Å²) in [6.07, 6.45) is 1.58. The van der Waals surface area contributed by atoms with Crippen LogP contribution in [0.5, 0.6) is 5.75 Å². The van der Waals surface area contributed by atoms with Gasteiger partial charge in [-0.25, -0.2) is 4.79 Å². The first-order chi connectivity index (χ1) is 13.8. The van der Waals surface area contributed by atoms with E-state index < -0.39 is 11.0 Å². The second kappa shape index (κ2) is 8.75. The molecule has 1 fully saturated rings. The molecule has 1 heterocycles. The summed E-state index contributed by atoms with van der Waals surface area (Å²) < 4.78 is 7.04. The molecule has 0 saturated carbocycles. The van der Waals surface area contributed by atoms with Gasteiger partial charge in [-0.2, -0.15) is 0 Å². The molecule has 0 aliphatic carbocycles. The predicted molar refractivity (Wildman–Crippen MR) is 113 cm³/mol. The maximum atomic E-state index is 12.2. The Balaban J connectivity index is 1.79. The van der Waals surface area contributed by atoms with E-state index in [2.05, 4.69) is 37.2 Å². The molecular weight excluding hydrogens is 510 g/mol. The fourth-order valence-electron chi connectivity index (χ4n) is 2.74. The maximum Gasteiger partial charge on any atom is 0.328 e. The van der Waals surface area contributed by atoms with E-state index in [1.54, 1.807) is 37.3 Å². The van der Waals surface area contributed by atoms with Gasteiger partial charge in [-0.3, -0.25) is 19.8 Å². The van der Waals surface area contributed by atoms with Crippen LogP contribution in [0.1, 0.15) is 18.1 Å². The number of nitrogens with zero attached hydrogens (tertiary/aromatic N) is 2. The van der Waals surface area contributed by atoms with Gasteiger partial charge in [0.15, 0.2) is 0 Å². The lowest BCUT2D eigenvalue weighted by atomic mass is 10.1. The molecule has 0 atom stereocenters. The minimum Gasteiger partial charge on any atom is -0.487 e. The van der Waals surface area contributed by atoms with Gasteiger partial charge < -0.3 is 10.1 Å². The molecule has 3 rings (SSSR count). The Hall–Kier alpha value is -2.72. The van der Waals surface area contributed by atoms with E-state index in [9.17, 15) is 19.7 Å². The fraction of sp³-hybridized carbons (Fsp3) is 0.158. The Bertz CT molecular complexity index is 1020. The third-order valence-corrected chi connectivity index (χ3v) is 5.29. The summed E-state index contributed by atoms with van der Waals surface area (Å²) in [7, 11) is 0. The van der Waals surface area contributed by atoms with E-state index in [0.717, 1.165) is 4.90 Å². The van der Waals surface area contributed by atoms with Crippen LogP contribution >= 0.6 is 31.9 Å². The van der Waals surface area contributed by atoms with Crippen molar-refractivity contribution in [1.82, 2.24) is 10.2 Å². The summed E-state index contributed by atoms with van der Waals surface area (Å²) in [6.45, 7) is 2.15. The van der Waals surface area contributed by atoms with Gasteiger partial charge in [0.05, 0.1) is 13.9 Å². The largest absolute Gasteiger partial charge is 0.487 e. The maximum absolute atomic E-state index is 12.2. The smallest absolute Gasteiger partial charge is 0.328 e. The summed E-state index contributed by atoms with van der Waals surface area (Å²) in [4.78, 5) is 35.5. The third-order valence-electron chi connectivity index (χ3n) is 4.11. The summed E-state index contributed by atoms with van der Waals surface area (Å²) in [5.74, 6) is 0.131. The molecule has 150 valence electrons. The molecule has 10 heteroatoms. The van der Waals surface area contributed by atoms with Gasteiger partial charge in [0.1, 0.15) is 18.1 Å². The Morgan fingerprint density at radius 3 is 2.48 bits per heavy atom. The molecule has 8 nitrogen and oxygen atoms in total. The number of non-ortho nitro benzene ring substituents is 1. The standard InChI is InChI=1S/C19H15Br2N3O5/c1-2-23-18(25)16(22-19(23)26)9-12-7-14(20)17(15(21)8-12)29-10-11-4-3-5-13(6-11)24(27)28/h3-9H,2,10H2,1H3,(H,22,26)/b16-9+. The van der Waals surface area contributed by atoms with Crippen LogP contribution < -0.4 is 10.1 Å². The second-order valence-corrected chi connectivity index (χ2v) is 7.78.